The van der Waals surface area contributed by atoms with E-state index in [0.717, 1.165) is 25.9 Å². The van der Waals surface area contributed by atoms with Crippen LogP contribution in [0.2, 0.25) is 0 Å². The first kappa shape index (κ1) is 16.5. The minimum absolute atomic E-state index is 0.0562. The lowest BCUT2D eigenvalue weighted by atomic mass is 10.1. The van der Waals surface area contributed by atoms with Crippen LogP contribution >= 0.6 is 11.8 Å². The van der Waals surface area contributed by atoms with Gasteiger partial charge in [0.05, 0.1) is 0 Å². The van der Waals surface area contributed by atoms with Crippen LogP contribution in [0.4, 0.5) is 10.5 Å². The second kappa shape index (κ2) is 6.27. The van der Waals surface area contributed by atoms with Gasteiger partial charge in [-0.15, -0.1) is 11.8 Å². The first-order valence-corrected chi connectivity index (χ1v) is 9.34. The number of hydrogen-bond acceptors (Lipinski definition) is 4. The van der Waals surface area contributed by atoms with Crippen molar-refractivity contribution in [1.29, 1.82) is 0 Å². The molecular formula is C18H26N2O2S. The Kier molecular flexibility index (Phi) is 4.50. The Bertz CT molecular complexity index is 610. The van der Waals surface area contributed by atoms with Crippen LogP contribution in [0.1, 0.15) is 38.8 Å². The summed E-state index contributed by atoms with van der Waals surface area (Å²) in [5, 5.41) is 2.95. The zero-order valence-corrected chi connectivity index (χ0v) is 15.3. The first-order chi connectivity index (χ1) is 10.8. The third-order valence-electron chi connectivity index (χ3n) is 4.16. The Morgan fingerprint density at radius 3 is 2.91 bits per heavy atom. The molecule has 2 heterocycles. The molecule has 1 atom stereocenters. The van der Waals surface area contributed by atoms with E-state index in [-0.39, 0.29) is 12.1 Å². The predicted octanol–water partition coefficient (Wildman–Crippen LogP) is 3.61. The van der Waals surface area contributed by atoms with E-state index >= 15 is 0 Å². The van der Waals surface area contributed by atoms with Crippen LogP contribution in [0.25, 0.3) is 0 Å². The Morgan fingerprint density at radius 2 is 2.17 bits per heavy atom. The average Bonchev–Trinajstić information content (AvgIpc) is 3.01. The fraction of sp³-hybridized carbons (Fsp3) is 0.611. The fourth-order valence-electron chi connectivity index (χ4n) is 3.34. The SMILES string of the molecule is C[C@@H](CN1CCc2ccc3c(c21)CCS3)NC(=O)OC(C)(C)C. The summed E-state index contributed by atoms with van der Waals surface area (Å²) in [5.41, 5.74) is 3.93. The van der Waals surface area contributed by atoms with Gasteiger partial charge in [-0.3, -0.25) is 0 Å². The van der Waals surface area contributed by atoms with Crippen LogP contribution in [0.15, 0.2) is 17.0 Å². The highest BCUT2D eigenvalue weighted by atomic mass is 32.2. The van der Waals surface area contributed by atoms with Gasteiger partial charge in [-0.1, -0.05) is 6.07 Å². The van der Waals surface area contributed by atoms with Gasteiger partial charge >= 0.3 is 6.09 Å². The molecule has 0 unspecified atom stereocenters. The number of fused-ring (bicyclic) bond motifs is 3. The summed E-state index contributed by atoms with van der Waals surface area (Å²) in [6.07, 6.45) is 1.93. The number of hydrogen-bond donors (Lipinski definition) is 1. The summed E-state index contributed by atoms with van der Waals surface area (Å²) >= 11 is 1.96. The second-order valence-corrected chi connectivity index (χ2v) is 8.53. The number of ether oxygens (including phenoxy) is 1. The number of rotatable bonds is 3. The third kappa shape index (κ3) is 3.77. The molecule has 1 aromatic carbocycles. The molecule has 0 radical (unpaired) electrons. The molecule has 23 heavy (non-hydrogen) atoms. The van der Waals surface area contributed by atoms with Gasteiger partial charge in [-0.25, -0.2) is 4.79 Å². The van der Waals surface area contributed by atoms with Crippen LogP contribution < -0.4 is 10.2 Å². The Labute approximate surface area is 143 Å². The van der Waals surface area contributed by atoms with Crippen molar-refractivity contribution in [2.75, 3.05) is 23.7 Å². The van der Waals surface area contributed by atoms with E-state index in [4.69, 9.17) is 4.74 Å². The molecule has 0 aromatic heterocycles. The molecule has 0 aliphatic carbocycles. The molecule has 2 aliphatic heterocycles. The molecule has 0 fully saturated rings. The van der Waals surface area contributed by atoms with Crippen LogP contribution in [0.5, 0.6) is 0 Å². The predicted molar refractivity (Wildman–Crippen MR) is 95.6 cm³/mol. The van der Waals surface area contributed by atoms with Crippen molar-refractivity contribution in [3.63, 3.8) is 0 Å². The molecular weight excluding hydrogens is 308 g/mol. The molecule has 0 saturated heterocycles. The normalized spacial score (nSPS) is 17.7. The molecule has 5 heteroatoms. The van der Waals surface area contributed by atoms with Crippen LogP contribution in [0, 0.1) is 0 Å². The van der Waals surface area contributed by atoms with Crippen molar-refractivity contribution in [1.82, 2.24) is 5.32 Å². The molecule has 1 aromatic rings. The van der Waals surface area contributed by atoms with Gasteiger partial charge in [-0.05, 0) is 57.7 Å². The van der Waals surface area contributed by atoms with Gasteiger partial charge in [0, 0.05) is 35.5 Å². The molecule has 1 N–H and O–H groups in total. The van der Waals surface area contributed by atoms with E-state index in [1.165, 1.54) is 27.5 Å². The minimum Gasteiger partial charge on any atom is -0.444 e. The summed E-state index contributed by atoms with van der Waals surface area (Å²) < 4.78 is 5.34. The monoisotopic (exact) mass is 334 g/mol. The maximum Gasteiger partial charge on any atom is 0.407 e. The van der Waals surface area contributed by atoms with E-state index in [2.05, 4.69) is 22.3 Å². The van der Waals surface area contributed by atoms with Crippen LogP contribution in [0.3, 0.4) is 0 Å². The standard InChI is InChI=1S/C18H26N2O2S/c1-12(19-17(21)22-18(2,3)4)11-20-9-7-13-5-6-15-14(16(13)20)8-10-23-15/h5-6,12H,7-11H2,1-4H3,(H,19,21)/t12-/m0/s1. The van der Waals surface area contributed by atoms with Crippen molar-refractivity contribution in [3.05, 3.63) is 23.3 Å². The summed E-state index contributed by atoms with van der Waals surface area (Å²) in [6.45, 7) is 9.56. The molecule has 3 rings (SSSR count). The lowest BCUT2D eigenvalue weighted by molar-refractivity contribution is 0.0510. The van der Waals surface area contributed by atoms with Gasteiger partial charge in [-0.2, -0.15) is 0 Å². The van der Waals surface area contributed by atoms with Crippen molar-refractivity contribution >= 4 is 23.5 Å². The Balaban J connectivity index is 1.65. The molecule has 1 amide bonds. The number of carbonyl (C=O) groups is 1. The van der Waals surface area contributed by atoms with Gasteiger partial charge in [0.15, 0.2) is 0 Å². The summed E-state index contributed by atoms with van der Waals surface area (Å²) in [4.78, 5) is 15.8. The molecule has 4 nitrogen and oxygen atoms in total. The van der Waals surface area contributed by atoms with Crippen LogP contribution in [-0.2, 0) is 17.6 Å². The lowest BCUT2D eigenvalue weighted by Gasteiger charge is -2.27. The molecule has 2 aliphatic rings. The summed E-state index contributed by atoms with van der Waals surface area (Å²) in [5.74, 6) is 1.19. The quantitative estimate of drug-likeness (QED) is 0.917. The zero-order valence-electron chi connectivity index (χ0n) is 14.4. The highest BCUT2D eigenvalue weighted by molar-refractivity contribution is 7.99. The molecule has 126 valence electrons. The minimum atomic E-state index is -0.456. The zero-order chi connectivity index (χ0) is 16.6. The van der Waals surface area contributed by atoms with E-state index in [9.17, 15) is 4.79 Å². The number of nitrogens with zero attached hydrogens (tertiary/aromatic N) is 1. The number of carbonyl (C=O) groups excluding carboxylic acids is 1. The molecule has 0 bridgehead atoms. The smallest absolute Gasteiger partial charge is 0.407 e. The maximum atomic E-state index is 11.9. The van der Waals surface area contributed by atoms with Gasteiger partial charge in [0.2, 0.25) is 0 Å². The van der Waals surface area contributed by atoms with Crippen molar-refractivity contribution in [2.45, 2.75) is 57.1 Å². The lowest BCUT2D eigenvalue weighted by Crippen LogP contribution is -2.43. The maximum absolute atomic E-state index is 11.9. The van der Waals surface area contributed by atoms with E-state index in [1.807, 2.05) is 39.5 Å². The first-order valence-electron chi connectivity index (χ1n) is 8.35. The number of alkyl carbamates (subject to hydrolysis) is 1. The highest BCUT2D eigenvalue weighted by Crippen LogP contribution is 2.42. The fourth-order valence-corrected chi connectivity index (χ4v) is 4.40. The molecule has 0 saturated carbocycles. The average molecular weight is 334 g/mol. The third-order valence-corrected chi connectivity index (χ3v) is 5.26. The number of amides is 1. The number of benzene rings is 1. The summed E-state index contributed by atoms with van der Waals surface area (Å²) in [6, 6.07) is 4.61. The number of thioether (sulfide) groups is 1. The number of nitrogens with one attached hydrogen (secondary N) is 1. The Morgan fingerprint density at radius 1 is 1.39 bits per heavy atom. The number of anilines is 1. The summed E-state index contributed by atoms with van der Waals surface area (Å²) in [7, 11) is 0. The largest absolute Gasteiger partial charge is 0.444 e. The van der Waals surface area contributed by atoms with E-state index in [0.29, 0.717) is 0 Å². The topological polar surface area (TPSA) is 41.6 Å². The van der Waals surface area contributed by atoms with E-state index in [1.54, 1.807) is 0 Å². The van der Waals surface area contributed by atoms with Gasteiger partial charge in [0.25, 0.3) is 0 Å². The van der Waals surface area contributed by atoms with Crippen molar-refractivity contribution in [2.24, 2.45) is 0 Å². The van der Waals surface area contributed by atoms with Crippen molar-refractivity contribution < 1.29 is 9.53 Å². The highest BCUT2D eigenvalue weighted by Gasteiger charge is 2.28. The second-order valence-electron chi connectivity index (χ2n) is 7.39. The molecule has 0 spiro atoms. The van der Waals surface area contributed by atoms with Gasteiger partial charge in [0.1, 0.15) is 5.60 Å². The van der Waals surface area contributed by atoms with E-state index < -0.39 is 5.60 Å². The Hall–Kier alpha value is -1.36. The van der Waals surface area contributed by atoms with Crippen LogP contribution in [-0.4, -0.2) is 36.6 Å². The van der Waals surface area contributed by atoms with Gasteiger partial charge < -0.3 is 15.0 Å². The van der Waals surface area contributed by atoms with Crippen molar-refractivity contribution in [3.8, 4) is 0 Å².